The summed E-state index contributed by atoms with van der Waals surface area (Å²) in [5, 5.41) is 1.75. The van der Waals surface area contributed by atoms with E-state index in [0.717, 1.165) is 23.4 Å². The number of para-hydroxylation sites is 1. The first kappa shape index (κ1) is 14.2. The second-order valence-corrected chi connectivity index (χ2v) is 6.50. The van der Waals surface area contributed by atoms with Crippen LogP contribution in [0.5, 0.6) is 0 Å². The molecule has 1 saturated heterocycles. The summed E-state index contributed by atoms with van der Waals surface area (Å²) >= 11 is 9.94. The highest BCUT2D eigenvalue weighted by atomic mass is 79.9. The van der Waals surface area contributed by atoms with Gasteiger partial charge in [-0.15, -0.1) is 0 Å². The lowest BCUT2D eigenvalue weighted by molar-refractivity contribution is 0.238. The molecule has 0 atom stereocenters. The van der Waals surface area contributed by atoms with Crippen LogP contribution in [0.15, 0.2) is 18.2 Å². The van der Waals surface area contributed by atoms with Crippen LogP contribution < -0.4 is 4.90 Å². The van der Waals surface area contributed by atoms with Gasteiger partial charge in [-0.3, -0.25) is 0 Å². The molecule has 1 aliphatic heterocycles. The summed E-state index contributed by atoms with van der Waals surface area (Å²) < 4.78 is 0. The molecule has 2 rings (SSSR count). The van der Waals surface area contributed by atoms with Gasteiger partial charge < -0.3 is 4.90 Å². The van der Waals surface area contributed by atoms with Crippen molar-refractivity contribution in [2.75, 3.05) is 18.0 Å². The van der Waals surface area contributed by atoms with Crippen LogP contribution in [0, 0.1) is 5.41 Å². The molecule has 1 aromatic carbocycles. The van der Waals surface area contributed by atoms with E-state index in [2.05, 4.69) is 40.7 Å². The number of halogens is 2. The molecule has 1 aromatic rings. The maximum absolute atomic E-state index is 6.38. The molecule has 3 heteroatoms. The lowest BCUT2D eigenvalue weighted by Gasteiger charge is -2.41. The van der Waals surface area contributed by atoms with E-state index >= 15 is 0 Å². The van der Waals surface area contributed by atoms with E-state index in [1.165, 1.54) is 30.5 Å². The highest BCUT2D eigenvalue weighted by Gasteiger charge is 2.29. The van der Waals surface area contributed by atoms with Gasteiger partial charge in [0.05, 0.1) is 10.7 Å². The molecule has 0 unspecified atom stereocenters. The van der Waals surface area contributed by atoms with Crippen molar-refractivity contribution in [3.8, 4) is 0 Å². The second-order valence-electron chi connectivity index (χ2n) is 5.53. The van der Waals surface area contributed by atoms with Crippen LogP contribution in [-0.2, 0) is 5.33 Å². The fraction of sp³-hybridized carbons (Fsp3) is 0.600. The Hall–Kier alpha value is -0.210. The highest BCUT2D eigenvalue weighted by Crippen LogP contribution is 2.39. The molecule has 1 fully saturated rings. The van der Waals surface area contributed by atoms with Gasteiger partial charge in [-0.1, -0.05) is 59.9 Å². The van der Waals surface area contributed by atoms with E-state index in [0.29, 0.717) is 5.41 Å². The quantitative estimate of drug-likeness (QED) is 0.684. The Bertz CT molecular complexity index is 411. The molecule has 0 bridgehead atoms. The number of rotatable bonds is 3. The number of alkyl halides is 1. The normalized spacial score (nSPS) is 19.0. The van der Waals surface area contributed by atoms with Crippen LogP contribution >= 0.6 is 27.5 Å². The standard InChI is InChI=1S/C15H21BrClN/c1-3-15(2)7-9-18(10-8-15)14-12(11-16)5-4-6-13(14)17/h4-6H,3,7-11H2,1-2H3. The Morgan fingerprint density at radius 1 is 1.33 bits per heavy atom. The van der Waals surface area contributed by atoms with Crippen molar-refractivity contribution < 1.29 is 0 Å². The van der Waals surface area contributed by atoms with Crippen molar-refractivity contribution in [1.82, 2.24) is 0 Å². The Morgan fingerprint density at radius 3 is 2.56 bits per heavy atom. The van der Waals surface area contributed by atoms with Crippen molar-refractivity contribution in [2.45, 2.75) is 38.4 Å². The minimum absolute atomic E-state index is 0.520. The molecule has 0 N–H and O–H groups in total. The first-order chi connectivity index (χ1) is 8.59. The van der Waals surface area contributed by atoms with Crippen molar-refractivity contribution in [3.63, 3.8) is 0 Å². The monoisotopic (exact) mass is 329 g/mol. The average molecular weight is 331 g/mol. The van der Waals surface area contributed by atoms with Crippen LogP contribution in [0.3, 0.4) is 0 Å². The van der Waals surface area contributed by atoms with Crippen molar-refractivity contribution in [1.29, 1.82) is 0 Å². The van der Waals surface area contributed by atoms with Crippen LogP contribution in [0.4, 0.5) is 5.69 Å². The van der Waals surface area contributed by atoms with Crippen molar-refractivity contribution >= 4 is 33.2 Å². The smallest absolute Gasteiger partial charge is 0.0642 e. The summed E-state index contributed by atoms with van der Waals surface area (Å²) in [4.78, 5) is 2.45. The van der Waals surface area contributed by atoms with E-state index in [1.807, 2.05) is 12.1 Å². The lowest BCUT2D eigenvalue weighted by atomic mass is 9.78. The molecule has 0 aromatic heterocycles. The first-order valence-electron chi connectivity index (χ1n) is 6.68. The van der Waals surface area contributed by atoms with Gasteiger partial charge >= 0.3 is 0 Å². The second kappa shape index (κ2) is 5.83. The molecule has 1 aliphatic rings. The number of nitrogens with zero attached hydrogens (tertiary/aromatic N) is 1. The average Bonchev–Trinajstić information content (AvgIpc) is 2.40. The zero-order valence-electron chi connectivity index (χ0n) is 11.2. The van der Waals surface area contributed by atoms with Gasteiger partial charge in [0.25, 0.3) is 0 Å². The number of hydrogen-bond acceptors (Lipinski definition) is 1. The zero-order valence-corrected chi connectivity index (χ0v) is 13.5. The number of hydrogen-bond donors (Lipinski definition) is 0. The van der Waals surface area contributed by atoms with Gasteiger partial charge in [-0.2, -0.15) is 0 Å². The zero-order chi connectivity index (χ0) is 13.2. The van der Waals surface area contributed by atoms with Gasteiger partial charge in [-0.05, 0) is 29.9 Å². The third-order valence-corrected chi connectivity index (χ3v) is 5.26. The molecule has 0 spiro atoms. The molecule has 0 aliphatic carbocycles. The van der Waals surface area contributed by atoms with Crippen LogP contribution in [-0.4, -0.2) is 13.1 Å². The molecular weight excluding hydrogens is 310 g/mol. The van der Waals surface area contributed by atoms with E-state index in [4.69, 9.17) is 11.6 Å². The van der Waals surface area contributed by atoms with Gasteiger partial charge in [0.1, 0.15) is 0 Å². The Labute approximate surface area is 124 Å². The molecular formula is C15H21BrClN. The maximum atomic E-state index is 6.38. The van der Waals surface area contributed by atoms with E-state index in [-0.39, 0.29) is 0 Å². The van der Waals surface area contributed by atoms with Gasteiger partial charge in [0.2, 0.25) is 0 Å². The molecule has 100 valence electrons. The minimum atomic E-state index is 0.520. The molecule has 1 heterocycles. The predicted molar refractivity (Wildman–Crippen MR) is 83.9 cm³/mol. The van der Waals surface area contributed by atoms with Gasteiger partial charge in [-0.25, -0.2) is 0 Å². The molecule has 1 nitrogen and oxygen atoms in total. The van der Waals surface area contributed by atoms with Crippen LogP contribution in [0.1, 0.15) is 38.7 Å². The van der Waals surface area contributed by atoms with E-state index in [1.54, 1.807) is 0 Å². The van der Waals surface area contributed by atoms with Crippen LogP contribution in [0.25, 0.3) is 0 Å². The third-order valence-electron chi connectivity index (χ3n) is 4.35. The van der Waals surface area contributed by atoms with Gasteiger partial charge in [0, 0.05) is 18.4 Å². The minimum Gasteiger partial charge on any atom is -0.370 e. The number of benzene rings is 1. The summed E-state index contributed by atoms with van der Waals surface area (Å²) in [5.41, 5.74) is 3.04. The van der Waals surface area contributed by atoms with Crippen molar-refractivity contribution in [3.05, 3.63) is 28.8 Å². The SMILES string of the molecule is CCC1(C)CCN(c2c(Cl)cccc2CBr)CC1. The van der Waals surface area contributed by atoms with E-state index < -0.39 is 0 Å². The Morgan fingerprint density at radius 2 is 2.00 bits per heavy atom. The van der Waals surface area contributed by atoms with Crippen LogP contribution in [0.2, 0.25) is 5.02 Å². The summed E-state index contributed by atoms with van der Waals surface area (Å²) in [6.45, 7) is 6.94. The fourth-order valence-electron chi connectivity index (χ4n) is 2.65. The largest absolute Gasteiger partial charge is 0.370 e. The number of anilines is 1. The lowest BCUT2D eigenvalue weighted by Crippen LogP contribution is -2.39. The molecule has 0 radical (unpaired) electrons. The molecule has 0 amide bonds. The Balaban J connectivity index is 2.19. The molecule has 0 saturated carbocycles. The van der Waals surface area contributed by atoms with Crippen molar-refractivity contribution in [2.24, 2.45) is 5.41 Å². The third kappa shape index (κ3) is 2.85. The maximum Gasteiger partial charge on any atom is 0.0642 e. The summed E-state index contributed by atoms with van der Waals surface area (Å²) in [7, 11) is 0. The van der Waals surface area contributed by atoms with Gasteiger partial charge in [0.15, 0.2) is 0 Å². The first-order valence-corrected chi connectivity index (χ1v) is 8.18. The topological polar surface area (TPSA) is 3.24 Å². The highest BCUT2D eigenvalue weighted by molar-refractivity contribution is 9.08. The summed E-state index contributed by atoms with van der Waals surface area (Å²) in [6.07, 6.45) is 3.79. The number of piperidine rings is 1. The predicted octanol–water partition coefficient (Wildman–Crippen LogP) is 5.25. The molecule has 18 heavy (non-hydrogen) atoms. The van der Waals surface area contributed by atoms with E-state index in [9.17, 15) is 0 Å². The summed E-state index contributed by atoms with van der Waals surface area (Å²) in [5.74, 6) is 0. The Kier molecular flexibility index (Phi) is 4.60. The summed E-state index contributed by atoms with van der Waals surface area (Å²) in [6, 6.07) is 6.18. The fourth-order valence-corrected chi connectivity index (χ4v) is 3.41.